The number of hydrogen-bond acceptors (Lipinski definition) is 5. The van der Waals surface area contributed by atoms with Gasteiger partial charge in [-0.15, -0.1) is 11.3 Å². The monoisotopic (exact) mass is 434 g/mol. The molecule has 0 aliphatic rings. The Hall–Kier alpha value is -3.52. The van der Waals surface area contributed by atoms with Crippen LogP contribution in [0, 0.1) is 26.6 Å². The van der Waals surface area contributed by atoms with Gasteiger partial charge in [-0.05, 0) is 56.0 Å². The summed E-state index contributed by atoms with van der Waals surface area (Å²) in [4.78, 5) is 18.6. The van der Waals surface area contributed by atoms with Crippen LogP contribution in [0.4, 0.5) is 4.39 Å². The lowest BCUT2D eigenvalue weighted by Gasteiger charge is -2.11. The van der Waals surface area contributed by atoms with E-state index in [0.717, 1.165) is 21.5 Å². The molecule has 0 spiro atoms. The van der Waals surface area contributed by atoms with Crippen LogP contribution in [0.15, 0.2) is 57.1 Å². The number of nitrogens with zero attached hydrogens (tertiary/aromatic N) is 4. The highest BCUT2D eigenvalue weighted by Crippen LogP contribution is 2.28. The largest absolute Gasteiger partial charge is 0.440 e. The van der Waals surface area contributed by atoms with Gasteiger partial charge in [-0.25, -0.2) is 14.1 Å². The second-order valence-electron chi connectivity index (χ2n) is 7.43. The molecular formula is C23H19FN4O2S. The molecule has 156 valence electrons. The number of fused-ring (bicyclic) bond motifs is 1. The topological polar surface area (TPSA) is 65.8 Å². The number of aryl methyl sites for hydroxylation is 3. The summed E-state index contributed by atoms with van der Waals surface area (Å²) in [5, 5.41) is 7.45. The van der Waals surface area contributed by atoms with Gasteiger partial charge >= 0.3 is 0 Å². The molecular weight excluding hydrogens is 415 g/mol. The number of oxazole rings is 1. The van der Waals surface area contributed by atoms with E-state index in [0.29, 0.717) is 28.7 Å². The number of thiophene rings is 1. The van der Waals surface area contributed by atoms with E-state index in [1.54, 1.807) is 38.8 Å². The Labute approximate surface area is 181 Å². The van der Waals surface area contributed by atoms with E-state index < -0.39 is 0 Å². The van der Waals surface area contributed by atoms with Crippen molar-refractivity contribution in [3.63, 3.8) is 0 Å². The van der Waals surface area contributed by atoms with E-state index in [2.05, 4.69) is 10.1 Å². The molecule has 5 rings (SSSR count). The zero-order valence-electron chi connectivity index (χ0n) is 17.2. The van der Waals surface area contributed by atoms with Crippen LogP contribution in [0.25, 0.3) is 27.5 Å². The van der Waals surface area contributed by atoms with Crippen molar-refractivity contribution in [3.8, 4) is 16.5 Å². The summed E-state index contributed by atoms with van der Waals surface area (Å²) in [5.41, 5.74) is 3.23. The van der Waals surface area contributed by atoms with E-state index in [9.17, 15) is 9.18 Å². The molecule has 4 heterocycles. The SMILES string of the molecule is Cc1oc(-c2cccs2)nc1Cn1c(=O)cc(C)c2c(C)nn(-c3cccc(F)c3)c21. The summed E-state index contributed by atoms with van der Waals surface area (Å²) in [5.74, 6) is 0.819. The molecule has 0 aliphatic heterocycles. The first-order valence-electron chi connectivity index (χ1n) is 9.78. The molecule has 4 aromatic heterocycles. The molecule has 6 nitrogen and oxygen atoms in total. The first kappa shape index (κ1) is 19.4. The van der Waals surface area contributed by atoms with Gasteiger partial charge < -0.3 is 4.42 Å². The zero-order chi connectivity index (χ0) is 21.7. The molecule has 0 amide bonds. The van der Waals surface area contributed by atoms with Crippen LogP contribution >= 0.6 is 11.3 Å². The highest BCUT2D eigenvalue weighted by atomic mass is 32.1. The fourth-order valence-electron chi connectivity index (χ4n) is 3.84. The van der Waals surface area contributed by atoms with Crippen LogP contribution in [0.1, 0.15) is 22.7 Å². The zero-order valence-corrected chi connectivity index (χ0v) is 18.0. The van der Waals surface area contributed by atoms with Crippen molar-refractivity contribution in [2.24, 2.45) is 0 Å². The van der Waals surface area contributed by atoms with Crippen LogP contribution < -0.4 is 5.56 Å². The van der Waals surface area contributed by atoms with Gasteiger partial charge in [0.15, 0.2) is 0 Å². The third-order valence-electron chi connectivity index (χ3n) is 5.28. The molecule has 31 heavy (non-hydrogen) atoms. The van der Waals surface area contributed by atoms with Crippen molar-refractivity contribution in [1.29, 1.82) is 0 Å². The quantitative estimate of drug-likeness (QED) is 0.399. The molecule has 0 saturated carbocycles. The van der Waals surface area contributed by atoms with Crippen LogP contribution in [0.2, 0.25) is 0 Å². The van der Waals surface area contributed by atoms with Crippen molar-refractivity contribution < 1.29 is 8.81 Å². The fourth-order valence-corrected chi connectivity index (χ4v) is 4.49. The maximum Gasteiger partial charge on any atom is 0.252 e. The van der Waals surface area contributed by atoms with E-state index in [-0.39, 0.29) is 17.9 Å². The minimum absolute atomic E-state index is 0.178. The maximum atomic E-state index is 13.9. The molecule has 0 aliphatic carbocycles. The lowest BCUT2D eigenvalue weighted by atomic mass is 10.1. The molecule has 1 aromatic carbocycles. The Balaban J connectivity index is 1.72. The maximum absolute atomic E-state index is 13.9. The average molecular weight is 434 g/mol. The Bertz CT molecular complexity index is 1480. The Kier molecular flexibility index (Phi) is 4.59. The summed E-state index contributed by atoms with van der Waals surface area (Å²) in [6.07, 6.45) is 0. The first-order valence-corrected chi connectivity index (χ1v) is 10.7. The van der Waals surface area contributed by atoms with Crippen molar-refractivity contribution in [2.45, 2.75) is 27.3 Å². The number of pyridine rings is 1. The number of aromatic nitrogens is 4. The van der Waals surface area contributed by atoms with Crippen molar-refractivity contribution in [2.75, 3.05) is 0 Å². The summed E-state index contributed by atoms with van der Waals surface area (Å²) in [6, 6.07) is 11.7. The molecule has 5 aromatic rings. The predicted molar refractivity (Wildman–Crippen MR) is 118 cm³/mol. The Morgan fingerprint density at radius 1 is 1.13 bits per heavy atom. The van der Waals surface area contributed by atoms with Crippen molar-refractivity contribution in [1.82, 2.24) is 19.3 Å². The molecule has 0 unspecified atom stereocenters. The molecule has 0 fully saturated rings. The van der Waals surface area contributed by atoms with Crippen LogP contribution in [-0.2, 0) is 6.54 Å². The standard InChI is InChI=1S/C23H19FN4O2S/c1-13-10-20(29)27(12-18-15(3)30-22(25-18)19-8-5-9-31-19)23-21(13)14(2)26-28(23)17-7-4-6-16(24)11-17/h4-11H,12H2,1-3H3. The Morgan fingerprint density at radius 2 is 1.97 bits per heavy atom. The third-order valence-corrected chi connectivity index (χ3v) is 6.14. The van der Waals surface area contributed by atoms with Gasteiger partial charge in [-0.2, -0.15) is 5.10 Å². The van der Waals surface area contributed by atoms with Crippen molar-refractivity contribution in [3.05, 3.63) is 86.7 Å². The van der Waals surface area contributed by atoms with Gasteiger partial charge in [-0.1, -0.05) is 12.1 Å². The van der Waals surface area contributed by atoms with Crippen LogP contribution in [-0.4, -0.2) is 19.3 Å². The molecule has 0 atom stereocenters. The second-order valence-corrected chi connectivity index (χ2v) is 8.37. The normalized spacial score (nSPS) is 11.5. The van der Waals surface area contributed by atoms with Crippen LogP contribution in [0.5, 0.6) is 0 Å². The number of rotatable bonds is 4. The molecule has 0 N–H and O–H groups in total. The fraction of sp³-hybridized carbons (Fsp3) is 0.174. The smallest absolute Gasteiger partial charge is 0.252 e. The van der Waals surface area contributed by atoms with Gasteiger partial charge in [0.2, 0.25) is 5.89 Å². The average Bonchev–Trinajstić information content (AvgIpc) is 3.44. The molecule has 0 bridgehead atoms. The summed E-state index contributed by atoms with van der Waals surface area (Å²) < 4.78 is 23.0. The van der Waals surface area contributed by atoms with E-state index in [4.69, 9.17) is 4.42 Å². The molecule has 8 heteroatoms. The molecule has 0 saturated heterocycles. The Morgan fingerprint density at radius 3 is 2.71 bits per heavy atom. The molecule has 0 radical (unpaired) electrons. The van der Waals surface area contributed by atoms with Gasteiger partial charge in [-0.3, -0.25) is 9.36 Å². The summed E-state index contributed by atoms with van der Waals surface area (Å²) in [6.45, 7) is 5.83. The second kappa shape index (κ2) is 7.31. The van der Waals surface area contributed by atoms with Gasteiger partial charge in [0.05, 0.1) is 22.8 Å². The minimum atomic E-state index is -0.367. The van der Waals surface area contributed by atoms with Gasteiger partial charge in [0.25, 0.3) is 5.56 Å². The van der Waals surface area contributed by atoms with Gasteiger partial charge in [0.1, 0.15) is 22.9 Å². The lowest BCUT2D eigenvalue weighted by Crippen LogP contribution is -2.23. The lowest BCUT2D eigenvalue weighted by molar-refractivity contribution is 0.539. The van der Waals surface area contributed by atoms with Crippen LogP contribution in [0.3, 0.4) is 0 Å². The van der Waals surface area contributed by atoms with Gasteiger partial charge in [0, 0.05) is 11.5 Å². The van der Waals surface area contributed by atoms with Crippen molar-refractivity contribution >= 4 is 22.4 Å². The highest BCUT2D eigenvalue weighted by molar-refractivity contribution is 7.13. The minimum Gasteiger partial charge on any atom is -0.440 e. The number of hydrogen-bond donors (Lipinski definition) is 0. The van der Waals surface area contributed by atoms with E-state index in [1.165, 1.54) is 12.1 Å². The third kappa shape index (κ3) is 3.29. The number of halogens is 1. The summed E-state index contributed by atoms with van der Waals surface area (Å²) >= 11 is 1.54. The first-order chi connectivity index (χ1) is 14.9. The highest BCUT2D eigenvalue weighted by Gasteiger charge is 2.20. The van der Waals surface area contributed by atoms with E-state index >= 15 is 0 Å². The summed E-state index contributed by atoms with van der Waals surface area (Å²) in [7, 11) is 0. The number of benzene rings is 1. The van der Waals surface area contributed by atoms with E-state index in [1.807, 2.05) is 38.3 Å². The predicted octanol–water partition coefficient (Wildman–Crippen LogP) is 5.02.